The Labute approximate surface area is 723 Å². The molecule has 9 nitrogen and oxygen atoms in total. The lowest BCUT2D eigenvalue weighted by Gasteiger charge is -2.33. The number of rotatable bonds is 7. The van der Waals surface area contributed by atoms with Gasteiger partial charge in [0.1, 0.15) is 11.4 Å². The highest BCUT2D eigenvalue weighted by molar-refractivity contribution is 6.30. The average molecular weight is 1630 g/mol. The van der Waals surface area contributed by atoms with Crippen LogP contribution in [-0.2, 0) is 41.3 Å². The number of hydrogen-bond acceptors (Lipinski definition) is 9. The minimum Gasteiger partial charge on any atom is -0.487 e. The van der Waals surface area contributed by atoms with E-state index < -0.39 is 0 Å². The van der Waals surface area contributed by atoms with Crippen molar-refractivity contribution in [1.29, 1.82) is 5.26 Å². The zero-order valence-electron chi connectivity index (χ0n) is 80.5. The van der Waals surface area contributed by atoms with Crippen LogP contribution in [0.3, 0.4) is 0 Å². The van der Waals surface area contributed by atoms with E-state index in [2.05, 4.69) is 326 Å². The molecule has 0 amide bonds. The number of aliphatic hydroxyl groups is 2. The van der Waals surface area contributed by atoms with Gasteiger partial charge in [0.15, 0.2) is 0 Å². The molecule has 0 unspecified atom stereocenters. The highest BCUT2D eigenvalue weighted by Gasteiger charge is 2.33. The van der Waals surface area contributed by atoms with E-state index in [0.717, 1.165) is 44.8 Å². The van der Waals surface area contributed by atoms with Crippen molar-refractivity contribution >= 4 is 34.6 Å². The molecule has 8 aromatic rings. The van der Waals surface area contributed by atoms with Crippen molar-refractivity contribution in [2.45, 2.75) is 338 Å². The number of nitrogens with one attached hydrogen (secondary N) is 1. The Morgan fingerprint density at radius 1 is 0.500 bits per heavy atom. The van der Waals surface area contributed by atoms with E-state index in [0.29, 0.717) is 21.7 Å². The highest BCUT2D eigenvalue weighted by atomic mass is 35.5. The third-order valence-electron chi connectivity index (χ3n) is 16.2. The van der Waals surface area contributed by atoms with Gasteiger partial charge in [-0.1, -0.05) is 294 Å². The first kappa shape index (κ1) is 113. The molecule has 0 saturated heterocycles. The lowest BCUT2D eigenvalue weighted by atomic mass is 9.84. The van der Waals surface area contributed by atoms with Crippen molar-refractivity contribution in [1.82, 2.24) is 15.0 Å². The van der Waals surface area contributed by atoms with Crippen LogP contribution in [0.1, 0.15) is 320 Å². The van der Waals surface area contributed by atoms with Crippen LogP contribution < -0.4 is 15.0 Å². The molecule has 5 aromatic carbocycles. The number of alkyl halides is 1. The van der Waals surface area contributed by atoms with Crippen molar-refractivity contribution in [3.8, 4) is 11.8 Å². The quantitative estimate of drug-likeness (QED) is 0.106. The number of pyridine rings is 3. The second-order valence-corrected chi connectivity index (χ2v) is 44.2. The first-order valence-electron chi connectivity index (χ1n) is 41.5. The number of anilines is 2. The second kappa shape index (κ2) is 52.6. The van der Waals surface area contributed by atoms with Gasteiger partial charge in [-0.3, -0.25) is 15.0 Å². The Balaban J connectivity index is -0.00000121. The molecule has 3 heterocycles. The van der Waals surface area contributed by atoms with E-state index in [4.69, 9.17) is 43.4 Å². The van der Waals surface area contributed by atoms with E-state index >= 15 is 0 Å². The summed E-state index contributed by atoms with van der Waals surface area (Å²) in [7, 11) is 2.08. The Hall–Kier alpha value is -7.32. The van der Waals surface area contributed by atoms with Gasteiger partial charge in [-0.2, -0.15) is 5.26 Å². The molecular weight excluding hydrogens is 1460 g/mol. The molecular formula is C105H166Cl2N6O3. The first-order chi connectivity index (χ1) is 52.5. The van der Waals surface area contributed by atoms with Crippen molar-refractivity contribution in [2.24, 2.45) is 27.6 Å². The lowest BCUT2D eigenvalue weighted by molar-refractivity contribution is 0.130. The summed E-state index contributed by atoms with van der Waals surface area (Å²) in [5.74, 6) is 1.87. The molecule has 1 aliphatic rings. The minimum atomic E-state index is -0.136. The third kappa shape index (κ3) is 66.7. The summed E-state index contributed by atoms with van der Waals surface area (Å²) in [5, 5.41) is 30.7. The summed E-state index contributed by atoms with van der Waals surface area (Å²) < 4.78 is 5.54. The summed E-state index contributed by atoms with van der Waals surface area (Å²) >= 11 is 11.4. The Morgan fingerprint density at radius 2 is 0.940 bits per heavy atom. The zero-order valence-corrected chi connectivity index (χ0v) is 82.0. The van der Waals surface area contributed by atoms with Crippen molar-refractivity contribution in [3.63, 3.8) is 0 Å². The number of nitriles is 1. The summed E-state index contributed by atoms with van der Waals surface area (Å²) in [6.07, 6.45) is 18.1. The maximum absolute atomic E-state index is 9.08. The molecule has 116 heavy (non-hydrogen) atoms. The van der Waals surface area contributed by atoms with E-state index in [1.54, 1.807) is 24.8 Å². The molecule has 0 spiro atoms. The van der Waals surface area contributed by atoms with Crippen LogP contribution >= 0.6 is 23.2 Å². The molecule has 1 aliphatic carbocycles. The fourth-order valence-corrected chi connectivity index (χ4v) is 9.38. The fourth-order valence-electron chi connectivity index (χ4n) is 9.19. The maximum Gasteiger partial charge on any atom is 0.138 e. The van der Waals surface area contributed by atoms with Crippen LogP contribution in [0.25, 0.3) is 0 Å². The fraction of sp³-hybridized carbons (Fsp3) is 0.543. The van der Waals surface area contributed by atoms with Gasteiger partial charge < -0.3 is 25.2 Å². The van der Waals surface area contributed by atoms with Crippen molar-refractivity contribution < 1.29 is 14.9 Å². The predicted octanol–water partition coefficient (Wildman–Crippen LogP) is 30.7. The summed E-state index contributed by atoms with van der Waals surface area (Å²) in [5.41, 5.74) is 14.1. The first-order valence-corrected chi connectivity index (χ1v) is 42.2. The van der Waals surface area contributed by atoms with Gasteiger partial charge >= 0.3 is 0 Å². The number of aryl methyl sites for hydroxylation is 1. The van der Waals surface area contributed by atoms with Crippen LogP contribution in [0.4, 0.5) is 11.4 Å². The van der Waals surface area contributed by atoms with Crippen LogP contribution in [0.2, 0.25) is 5.02 Å². The molecule has 3 N–H and O–H groups in total. The van der Waals surface area contributed by atoms with E-state index in [9.17, 15) is 0 Å². The Kier molecular flexibility index (Phi) is 51.1. The molecule has 9 rings (SSSR count). The molecule has 0 bridgehead atoms. The van der Waals surface area contributed by atoms with E-state index in [-0.39, 0.29) is 56.4 Å². The number of hydrogen-bond donors (Lipinski definition) is 3. The highest BCUT2D eigenvalue weighted by Crippen LogP contribution is 2.44. The van der Waals surface area contributed by atoms with E-state index in [1.807, 2.05) is 157 Å². The number of benzene rings is 5. The molecule has 11 heteroatoms. The number of halogens is 2. The number of allylic oxidation sites excluding steroid dienone is 1. The van der Waals surface area contributed by atoms with Crippen LogP contribution in [-0.4, -0.2) is 53.8 Å². The molecule has 648 valence electrons. The normalized spacial score (nSPS) is 12.1. The van der Waals surface area contributed by atoms with E-state index in [1.165, 1.54) is 53.5 Å². The molecule has 0 atom stereocenters. The molecule has 0 radical (unpaired) electrons. The largest absolute Gasteiger partial charge is 0.487 e. The number of aliphatic hydroxyl groups excluding tert-OH is 2. The van der Waals surface area contributed by atoms with Gasteiger partial charge in [0.05, 0.1) is 48.6 Å². The monoisotopic (exact) mass is 1630 g/mol. The van der Waals surface area contributed by atoms with Gasteiger partial charge in [-0.15, -0.1) is 18.2 Å². The topological polar surface area (TPSA) is 127 Å². The molecule has 0 aliphatic heterocycles. The number of ether oxygens (including phenoxy) is 1. The number of nitrogens with zero attached hydrogens (tertiary/aromatic N) is 5. The third-order valence-corrected chi connectivity index (χ3v) is 16.5. The van der Waals surface area contributed by atoms with Crippen molar-refractivity contribution in [2.75, 3.05) is 17.3 Å². The van der Waals surface area contributed by atoms with Gasteiger partial charge in [-0.05, 0) is 258 Å². The molecule has 3 aromatic heterocycles. The van der Waals surface area contributed by atoms with Crippen LogP contribution in [0.5, 0.6) is 5.75 Å². The maximum atomic E-state index is 9.08. The van der Waals surface area contributed by atoms with Crippen LogP contribution in [0, 0.1) is 38.9 Å². The van der Waals surface area contributed by atoms with Crippen LogP contribution in [0.15, 0.2) is 214 Å². The predicted molar refractivity (Wildman–Crippen MR) is 514 cm³/mol. The summed E-state index contributed by atoms with van der Waals surface area (Å²) in [4.78, 5) is 14.2. The Bertz CT molecular complexity index is 3780. The van der Waals surface area contributed by atoms with Gasteiger partial charge in [0.2, 0.25) is 0 Å². The standard InChI is InChI=1S/C12H18.C11H13N.2C11H16O.C10H13Cl.C10H16N2.C9H14N2.C9H13NO.C7H14.C6H12.C5H12.C4H9Cl/c1-12(2,3)10-9-11-7-5-4-6-8-11;1-11(2,3)10-6-4-5-9(7-10)8-12;1-11(2,3)10-6-4-9(8-12)5-7-10;1-11(2,3)10-7-5-4-6-9(10)8-12;1-10(2,3)8-5-4-6-9(11)7-8;1-10(2,3)12(4)9-6-5-7-11-8-9;2*1-9(2,3)11-8-5-4-6-10-7-8;1-7(2,3)6-4-5-6;1-5-6(2,3)4;1-5(2,3)4;1-4(2,3)5/h4-8H,9-10H2,1-3H3;4-7H,1-3H3;2*4-7,12H,8H2,1-3H3;4-7H,1-3H3;5-8H,1-4H3;4-7,11H,1-3H3;4-7H,1-3H3;6H,4-5H2,1-3H3;5H,1H2,2-4H3;1-4H3;1-3H3. The van der Waals surface area contributed by atoms with Gasteiger partial charge in [0, 0.05) is 52.8 Å². The average Bonchev–Trinajstić information content (AvgIpc) is 1.13. The SMILES string of the molecule is C=CC(C)(C)C.CC(C)(C)C.CC(C)(C)C1CC1.CC(C)(C)CCc1ccccc1.CC(C)(C)Cl.CC(C)(C)Nc1cccnc1.CC(C)(C)Oc1cccnc1.CC(C)(C)c1ccc(CO)cc1.CC(C)(C)c1cccc(C#N)c1.CC(C)(C)c1cccc(Cl)c1.CC(C)(C)c1ccccc1CO.CN(c1cccnc1)C(C)(C)C. The van der Waals surface area contributed by atoms with Crippen molar-refractivity contribution in [3.05, 3.63) is 263 Å². The number of aromatic nitrogens is 3. The molecule has 1 fully saturated rings. The Morgan fingerprint density at radius 3 is 1.26 bits per heavy atom. The van der Waals surface area contributed by atoms with Gasteiger partial charge in [0.25, 0.3) is 0 Å². The summed E-state index contributed by atoms with van der Waals surface area (Å²) in [6, 6.07) is 56.4. The molecule has 1 saturated carbocycles. The van der Waals surface area contributed by atoms with Gasteiger partial charge in [-0.25, -0.2) is 0 Å². The summed E-state index contributed by atoms with van der Waals surface area (Å²) in [6.45, 7) is 83.6. The second-order valence-electron chi connectivity index (χ2n) is 42.7. The smallest absolute Gasteiger partial charge is 0.138 e. The minimum absolute atomic E-state index is 0.0278. The lowest BCUT2D eigenvalue weighted by Crippen LogP contribution is -2.37. The zero-order chi connectivity index (χ0) is 90.6.